The van der Waals surface area contributed by atoms with Crippen LogP contribution in [0.25, 0.3) is 0 Å². The maximum Gasteiger partial charge on any atom is 0.300 e. The van der Waals surface area contributed by atoms with E-state index in [0.29, 0.717) is 0 Å². The van der Waals surface area contributed by atoms with Gasteiger partial charge >= 0.3 is 0 Å². The Bertz CT molecular complexity index is 134. The molecule has 0 aromatic heterocycles. The lowest BCUT2D eigenvalue weighted by Gasteiger charge is -2.16. The predicted molar refractivity (Wildman–Crippen MR) is 43.0 cm³/mol. The highest BCUT2D eigenvalue weighted by Gasteiger charge is 2.10. The van der Waals surface area contributed by atoms with Crippen LogP contribution in [0.2, 0.25) is 0 Å². The SMILES string of the molecule is CC(=O)O.O=CC1CCCCO1. The molecule has 0 radical (unpaired) electrons. The number of carboxylic acids is 1. The Labute approximate surface area is 71.5 Å². The summed E-state index contributed by atoms with van der Waals surface area (Å²) in [4.78, 5) is 19.0. The van der Waals surface area contributed by atoms with Crippen molar-refractivity contribution in [3.05, 3.63) is 0 Å². The fourth-order valence-corrected chi connectivity index (χ4v) is 0.873. The van der Waals surface area contributed by atoms with Crippen LogP contribution in [0, 0.1) is 0 Å². The van der Waals surface area contributed by atoms with Gasteiger partial charge in [-0.1, -0.05) is 0 Å². The summed E-state index contributed by atoms with van der Waals surface area (Å²) in [7, 11) is 0. The van der Waals surface area contributed by atoms with Gasteiger partial charge in [-0.25, -0.2) is 0 Å². The first kappa shape index (κ1) is 11.1. The van der Waals surface area contributed by atoms with Gasteiger partial charge in [0.25, 0.3) is 5.97 Å². The quantitative estimate of drug-likeness (QED) is 0.598. The van der Waals surface area contributed by atoms with Gasteiger partial charge in [0.15, 0.2) is 0 Å². The van der Waals surface area contributed by atoms with Crippen molar-refractivity contribution in [3.63, 3.8) is 0 Å². The van der Waals surface area contributed by atoms with E-state index in [1.54, 1.807) is 0 Å². The number of carboxylic acid groups (broad SMARTS) is 1. The molecule has 1 fully saturated rings. The van der Waals surface area contributed by atoms with E-state index in [0.717, 1.165) is 39.1 Å². The predicted octanol–water partition coefficient (Wildman–Crippen LogP) is 0.845. The Kier molecular flexibility index (Phi) is 6.28. The maximum atomic E-state index is 10.0. The normalized spacial score (nSPS) is 21.9. The molecule has 0 bridgehead atoms. The largest absolute Gasteiger partial charge is 0.481 e. The van der Waals surface area contributed by atoms with Gasteiger partial charge in [0.2, 0.25) is 0 Å². The number of aldehydes is 1. The van der Waals surface area contributed by atoms with Crippen molar-refractivity contribution in [2.45, 2.75) is 32.3 Å². The highest BCUT2D eigenvalue weighted by atomic mass is 16.5. The summed E-state index contributed by atoms with van der Waals surface area (Å²) in [6.45, 7) is 1.85. The second kappa shape index (κ2) is 6.79. The van der Waals surface area contributed by atoms with Crippen LogP contribution >= 0.6 is 0 Å². The molecule has 0 aromatic carbocycles. The molecule has 1 aliphatic rings. The summed E-state index contributed by atoms with van der Waals surface area (Å²) in [6.07, 6.45) is 3.97. The number of ether oxygens (including phenoxy) is 1. The minimum Gasteiger partial charge on any atom is -0.481 e. The third kappa shape index (κ3) is 7.21. The van der Waals surface area contributed by atoms with Crippen molar-refractivity contribution in [1.29, 1.82) is 0 Å². The minimum atomic E-state index is -0.833. The molecule has 0 spiro atoms. The Morgan fingerprint density at radius 3 is 2.42 bits per heavy atom. The maximum absolute atomic E-state index is 10.0. The van der Waals surface area contributed by atoms with Crippen molar-refractivity contribution in [3.8, 4) is 0 Å². The van der Waals surface area contributed by atoms with Gasteiger partial charge in [-0.2, -0.15) is 0 Å². The molecule has 1 heterocycles. The standard InChI is InChI=1S/C6H10O2.C2H4O2/c7-5-6-3-1-2-4-8-6;1-2(3)4/h5-6H,1-4H2;1H3,(H,3,4). The van der Waals surface area contributed by atoms with Crippen molar-refractivity contribution >= 4 is 12.3 Å². The molecule has 0 amide bonds. The fourth-order valence-electron chi connectivity index (χ4n) is 0.873. The van der Waals surface area contributed by atoms with Crippen LogP contribution in [-0.4, -0.2) is 30.1 Å². The van der Waals surface area contributed by atoms with E-state index in [2.05, 4.69) is 0 Å². The van der Waals surface area contributed by atoms with Gasteiger partial charge in [0.1, 0.15) is 12.4 Å². The molecule has 0 aromatic rings. The lowest BCUT2D eigenvalue weighted by molar-refractivity contribution is -0.134. The summed E-state index contributed by atoms with van der Waals surface area (Å²) in [5.41, 5.74) is 0. The zero-order valence-corrected chi connectivity index (χ0v) is 7.16. The highest BCUT2D eigenvalue weighted by Crippen LogP contribution is 2.09. The van der Waals surface area contributed by atoms with Gasteiger partial charge in [-0.3, -0.25) is 4.79 Å². The molecule has 0 aliphatic carbocycles. The van der Waals surface area contributed by atoms with Crippen LogP contribution in [0.1, 0.15) is 26.2 Å². The Morgan fingerprint density at radius 2 is 2.17 bits per heavy atom. The van der Waals surface area contributed by atoms with Gasteiger partial charge in [-0.15, -0.1) is 0 Å². The minimum absolute atomic E-state index is 0.0938. The third-order valence-corrected chi connectivity index (χ3v) is 1.37. The lowest BCUT2D eigenvalue weighted by Crippen LogP contribution is -2.19. The number of hydrogen-bond donors (Lipinski definition) is 1. The van der Waals surface area contributed by atoms with Crippen molar-refractivity contribution in [2.24, 2.45) is 0 Å². The monoisotopic (exact) mass is 174 g/mol. The topological polar surface area (TPSA) is 63.6 Å². The zero-order valence-electron chi connectivity index (χ0n) is 7.16. The molecule has 70 valence electrons. The van der Waals surface area contributed by atoms with E-state index in [1.165, 1.54) is 0 Å². The Hall–Kier alpha value is -0.900. The number of hydrogen-bond acceptors (Lipinski definition) is 3. The first-order chi connectivity index (χ1) is 5.66. The Balaban J connectivity index is 0.000000261. The van der Waals surface area contributed by atoms with Gasteiger partial charge in [-0.05, 0) is 19.3 Å². The first-order valence-electron chi connectivity index (χ1n) is 3.93. The molecular weight excluding hydrogens is 160 g/mol. The van der Waals surface area contributed by atoms with Crippen molar-refractivity contribution in [2.75, 3.05) is 6.61 Å². The summed E-state index contributed by atoms with van der Waals surface area (Å²) >= 11 is 0. The highest BCUT2D eigenvalue weighted by molar-refractivity contribution is 5.62. The Morgan fingerprint density at radius 1 is 1.58 bits per heavy atom. The van der Waals surface area contributed by atoms with E-state index >= 15 is 0 Å². The molecule has 4 nitrogen and oxygen atoms in total. The lowest BCUT2D eigenvalue weighted by atomic mass is 10.1. The number of carbonyl (C=O) groups is 2. The average Bonchev–Trinajstić information content (AvgIpc) is 2.05. The molecule has 1 saturated heterocycles. The molecular formula is C8H14O4. The van der Waals surface area contributed by atoms with E-state index in [4.69, 9.17) is 14.6 Å². The van der Waals surface area contributed by atoms with Crippen molar-refractivity contribution < 1.29 is 19.4 Å². The molecule has 1 aliphatic heterocycles. The fraction of sp³-hybridized carbons (Fsp3) is 0.750. The number of carbonyl (C=O) groups excluding carboxylic acids is 1. The number of aliphatic carboxylic acids is 1. The van der Waals surface area contributed by atoms with E-state index in [-0.39, 0.29) is 6.10 Å². The molecule has 12 heavy (non-hydrogen) atoms. The zero-order chi connectivity index (χ0) is 9.40. The molecule has 1 N–H and O–H groups in total. The van der Waals surface area contributed by atoms with Crippen LogP contribution in [0.3, 0.4) is 0 Å². The van der Waals surface area contributed by atoms with E-state index < -0.39 is 5.97 Å². The first-order valence-corrected chi connectivity index (χ1v) is 3.93. The summed E-state index contributed by atoms with van der Waals surface area (Å²) < 4.78 is 5.06. The smallest absolute Gasteiger partial charge is 0.300 e. The average molecular weight is 174 g/mol. The van der Waals surface area contributed by atoms with Crippen LogP contribution in [-0.2, 0) is 14.3 Å². The second-order valence-electron chi connectivity index (χ2n) is 2.56. The van der Waals surface area contributed by atoms with Crippen molar-refractivity contribution in [1.82, 2.24) is 0 Å². The van der Waals surface area contributed by atoms with Gasteiger partial charge in [0.05, 0.1) is 0 Å². The summed E-state index contributed by atoms with van der Waals surface area (Å²) in [6, 6.07) is 0. The summed E-state index contributed by atoms with van der Waals surface area (Å²) in [5, 5.41) is 7.42. The third-order valence-electron chi connectivity index (χ3n) is 1.37. The number of rotatable bonds is 1. The van der Waals surface area contributed by atoms with Crippen LogP contribution in [0.15, 0.2) is 0 Å². The summed E-state index contributed by atoms with van der Waals surface area (Å²) in [5.74, 6) is -0.833. The van der Waals surface area contributed by atoms with Gasteiger partial charge in [0, 0.05) is 13.5 Å². The van der Waals surface area contributed by atoms with E-state index in [1.807, 2.05) is 0 Å². The molecule has 1 unspecified atom stereocenters. The van der Waals surface area contributed by atoms with Crippen LogP contribution < -0.4 is 0 Å². The van der Waals surface area contributed by atoms with Crippen LogP contribution in [0.4, 0.5) is 0 Å². The molecule has 0 saturated carbocycles. The molecule has 4 heteroatoms. The van der Waals surface area contributed by atoms with Crippen LogP contribution in [0.5, 0.6) is 0 Å². The molecule has 1 rings (SSSR count). The molecule has 1 atom stereocenters. The van der Waals surface area contributed by atoms with Gasteiger partial charge < -0.3 is 14.6 Å². The van der Waals surface area contributed by atoms with E-state index in [9.17, 15) is 4.79 Å². The second-order valence-corrected chi connectivity index (χ2v) is 2.56.